The number of hydrogen-bond donors (Lipinski definition) is 1. The van der Waals surface area contributed by atoms with E-state index in [-0.39, 0.29) is 11.3 Å². The summed E-state index contributed by atoms with van der Waals surface area (Å²) in [5.74, 6) is -0.834. The highest BCUT2D eigenvalue weighted by Gasteiger charge is 2.48. The van der Waals surface area contributed by atoms with E-state index >= 15 is 0 Å². The monoisotopic (exact) mass is 513 g/mol. The standard InChI is InChI=1S/C22H16BrN3O5S/c1-11-24-25-22(32-11)26-18(12-2-5-14(23)6-3-12)17(20(28)21(26)29)19(27)13-4-7-15-16(10-13)31-9-8-30-15/h2-7,10,18,27H,8-9H2,1H3/t18-/m0/s1. The zero-order valence-corrected chi connectivity index (χ0v) is 19.1. The van der Waals surface area contributed by atoms with Crippen molar-refractivity contribution in [2.24, 2.45) is 0 Å². The van der Waals surface area contributed by atoms with Gasteiger partial charge in [-0.1, -0.05) is 39.4 Å². The predicted molar refractivity (Wildman–Crippen MR) is 121 cm³/mol. The molecule has 2 aromatic carbocycles. The minimum atomic E-state index is -0.858. The number of aliphatic hydroxyl groups is 1. The lowest BCUT2D eigenvalue weighted by atomic mass is 9.95. The molecule has 10 heteroatoms. The Labute approximate surface area is 195 Å². The molecule has 3 heterocycles. The lowest BCUT2D eigenvalue weighted by Gasteiger charge is -2.23. The highest BCUT2D eigenvalue weighted by molar-refractivity contribution is 9.10. The molecule has 0 saturated carbocycles. The van der Waals surface area contributed by atoms with Gasteiger partial charge in [0.05, 0.1) is 11.6 Å². The Balaban J connectivity index is 1.69. The van der Waals surface area contributed by atoms with Crippen LogP contribution < -0.4 is 14.4 Å². The van der Waals surface area contributed by atoms with Gasteiger partial charge < -0.3 is 14.6 Å². The molecular formula is C22H16BrN3O5S. The molecule has 0 spiro atoms. The number of aliphatic hydroxyl groups excluding tert-OH is 1. The molecule has 1 saturated heterocycles. The van der Waals surface area contributed by atoms with E-state index in [0.717, 1.165) is 4.47 Å². The van der Waals surface area contributed by atoms with Crippen LogP contribution in [-0.4, -0.2) is 40.2 Å². The molecule has 2 aliphatic rings. The summed E-state index contributed by atoms with van der Waals surface area (Å²) in [6, 6.07) is 11.2. The maximum atomic E-state index is 13.1. The van der Waals surface area contributed by atoms with Crippen molar-refractivity contribution in [1.82, 2.24) is 10.2 Å². The van der Waals surface area contributed by atoms with Gasteiger partial charge >= 0.3 is 5.91 Å². The third kappa shape index (κ3) is 3.45. The van der Waals surface area contributed by atoms with Crippen molar-refractivity contribution in [2.45, 2.75) is 13.0 Å². The fourth-order valence-electron chi connectivity index (χ4n) is 3.72. The molecule has 1 fully saturated rings. The van der Waals surface area contributed by atoms with Crippen LogP contribution in [-0.2, 0) is 9.59 Å². The van der Waals surface area contributed by atoms with E-state index in [0.29, 0.717) is 46.0 Å². The first-order valence-corrected chi connectivity index (χ1v) is 11.3. The number of hydrogen-bond acceptors (Lipinski definition) is 8. The number of fused-ring (bicyclic) bond motifs is 1. The second-order valence-electron chi connectivity index (χ2n) is 7.18. The topological polar surface area (TPSA) is 102 Å². The molecule has 0 aliphatic carbocycles. The summed E-state index contributed by atoms with van der Waals surface area (Å²) in [6.07, 6.45) is 0. The van der Waals surface area contributed by atoms with Gasteiger partial charge in [-0.25, -0.2) is 0 Å². The summed E-state index contributed by atoms with van der Waals surface area (Å²) in [6.45, 7) is 2.59. The van der Waals surface area contributed by atoms with Crippen molar-refractivity contribution >= 4 is 49.8 Å². The Morgan fingerprint density at radius 2 is 1.81 bits per heavy atom. The van der Waals surface area contributed by atoms with Gasteiger partial charge in [-0.15, -0.1) is 10.2 Å². The van der Waals surface area contributed by atoms with E-state index in [1.807, 2.05) is 12.1 Å². The second-order valence-corrected chi connectivity index (χ2v) is 9.26. The molecule has 0 radical (unpaired) electrons. The minimum Gasteiger partial charge on any atom is -0.507 e. The van der Waals surface area contributed by atoms with Crippen LogP contribution in [0, 0.1) is 6.92 Å². The zero-order chi connectivity index (χ0) is 22.4. The number of carbonyl (C=O) groups is 2. The number of carbonyl (C=O) groups excluding carboxylic acids is 2. The molecule has 8 nitrogen and oxygen atoms in total. The average Bonchev–Trinajstić information content (AvgIpc) is 3.34. The van der Waals surface area contributed by atoms with Gasteiger partial charge in [0.15, 0.2) is 11.5 Å². The number of rotatable bonds is 3. The maximum absolute atomic E-state index is 13.1. The second kappa shape index (κ2) is 8.03. The molecule has 5 rings (SSSR count). The van der Waals surface area contributed by atoms with E-state index in [4.69, 9.17) is 9.47 Å². The Morgan fingerprint density at radius 1 is 1.09 bits per heavy atom. The van der Waals surface area contributed by atoms with Crippen LogP contribution in [0.2, 0.25) is 0 Å². The number of Topliss-reactive ketones (excluding diaryl/α,β-unsaturated/α-hetero) is 1. The Hall–Kier alpha value is -3.24. The molecule has 162 valence electrons. The van der Waals surface area contributed by atoms with Gasteiger partial charge in [-0.3, -0.25) is 14.5 Å². The largest absolute Gasteiger partial charge is 0.507 e. The average molecular weight is 514 g/mol. The number of halogens is 1. The number of anilines is 1. The SMILES string of the molecule is Cc1nnc(N2C(=O)C(=O)C(=C(O)c3ccc4c(c3)OCCO4)[C@@H]2c2ccc(Br)cc2)s1. The molecule has 1 atom stereocenters. The van der Waals surface area contributed by atoms with Crippen LogP contribution in [0.15, 0.2) is 52.5 Å². The van der Waals surface area contributed by atoms with E-state index in [1.165, 1.54) is 16.2 Å². The fraction of sp³-hybridized carbons (Fsp3) is 0.182. The number of aryl methyl sites for hydroxylation is 1. The summed E-state index contributed by atoms with van der Waals surface area (Å²) in [5, 5.41) is 20.2. The smallest absolute Gasteiger partial charge is 0.301 e. The maximum Gasteiger partial charge on any atom is 0.301 e. The van der Waals surface area contributed by atoms with E-state index in [2.05, 4.69) is 26.1 Å². The van der Waals surface area contributed by atoms with Gasteiger partial charge in [0, 0.05) is 10.0 Å². The normalized spacial score (nSPS) is 19.4. The molecule has 2 aliphatic heterocycles. The zero-order valence-electron chi connectivity index (χ0n) is 16.7. The van der Waals surface area contributed by atoms with Gasteiger partial charge in [-0.2, -0.15) is 0 Å². The van der Waals surface area contributed by atoms with E-state index < -0.39 is 17.7 Å². The lowest BCUT2D eigenvalue weighted by Crippen LogP contribution is -2.29. The highest BCUT2D eigenvalue weighted by Crippen LogP contribution is 2.44. The van der Waals surface area contributed by atoms with Crippen LogP contribution in [0.3, 0.4) is 0 Å². The Kier molecular flexibility index (Phi) is 5.18. The molecule has 1 aromatic heterocycles. The number of aromatic nitrogens is 2. The van der Waals surface area contributed by atoms with Gasteiger partial charge in [0.2, 0.25) is 5.13 Å². The Morgan fingerprint density at radius 3 is 2.50 bits per heavy atom. The van der Waals surface area contributed by atoms with Gasteiger partial charge in [0.1, 0.15) is 24.0 Å². The molecule has 0 bridgehead atoms. The molecule has 3 aromatic rings. The molecule has 0 unspecified atom stereocenters. The molecule has 1 N–H and O–H groups in total. The van der Waals surface area contributed by atoms with Gasteiger partial charge in [0.25, 0.3) is 5.78 Å². The molecule has 1 amide bonds. The molecule has 32 heavy (non-hydrogen) atoms. The van der Waals surface area contributed by atoms with Crippen LogP contribution in [0.4, 0.5) is 5.13 Å². The van der Waals surface area contributed by atoms with Crippen molar-refractivity contribution in [3.63, 3.8) is 0 Å². The first-order valence-electron chi connectivity index (χ1n) is 9.70. The quantitative estimate of drug-likeness (QED) is 0.320. The minimum absolute atomic E-state index is 0.0261. The third-order valence-corrected chi connectivity index (χ3v) is 6.53. The third-order valence-electron chi connectivity index (χ3n) is 5.17. The van der Waals surface area contributed by atoms with E-state index in [1.54, 1.807) is 37.3 Å². The summed E-state index contributed by atoms with van der Waals surface area (Å²) in [4.78, 5) is 27.5. The summed E-state index contributed by atoms with van der Waals surface area (Å²) in [5.41, 5.74) is 0.976. The van der Waals surface area contributed by atoms with Crippen molar-refractivity contribution < 1.29 is 24.2 Å². The summed E-state index contributed by atoms with van der Waals surface area (Å²) < 4.78 is 12.0. The summed E-state index contributed by atoms with van der Waals surface area (Å²) in [7, 11) is 0. The van der Waals surface area contributed by atoms with Crippen LogP contribution >= 0.6 is 27.3 Å². The predicted octanol–water partition coefficient (Wildman–Crippen LogP) is 4.01. The number of ketones is 1. The summed E-state index contributed by atoms with van der Waals surface area (Å²) >= 11 is 4.60. The van der Waals surface area contributed by atoms with Crippen LogP contribution in [0.5, 0.6) is 11.5 Å². The van der Waals surface area contributed by atoms with Crippen molar-refractivity contribution in [3.05, 3.63) is 68.6 Å². The lowest BCUT2D eigenvalue weighted by molar-refractivity contribution is -0.132. The van der Waals surface area contributed by atoms with Crippen LogP contribution in [0.25, 0.3) is 5.76 Å². The van der Waals surface area contributed by atoms with Crippen molar-refractivity contribution in [1.29, 1.82) is 0 Å². The number of ether oxygens (including phenoxy) is 2. The highest BCUT2D eigenvalue weighted by atomic mass is 79.9. The number of benzene rings is 2. The number of nitrogens with zero attached hydrogens (tertiary/aromatic N) is 3. The number of amides is 1. The van der Waals surface area contributed by atoms with Crippen molar-refractivity contribution in [2.75, 3.05) is 18.1 Å². The van der Waals surface area contributed by atoms with Crippen molar-refractivity contribution in [3.8, 4) is 11.5 Å². The fourth-order valence-corrected chi connectivity index (χ4v) is 4.70. The van der Waals surface area contributed by atoms with Crippen LogP contribution in [0.1, 0.15) is 22.2 Å². The Bertz CT molecular complexity index is 1270. The first-order chi connectivity index (χ1) is 15.4. The van der Waals surface area contributed by atoms with Gasteiger partial charge in [-0.05, 0) is 42.8 Å². The van der Waals surface area contributed by atoms with E-state index in [9.17, 15) is 14.7 Å². The molecular weight excluding hydrogens is 498 g/mol. The first kappa shape index (κ1) is 20.7.